The number of rotatable bonds is 4. The summed E-state index contributed by atoms with van der Waals surface area (Å²) in [7, 11) is 0. The van der Waals surface area contributed by atoms with Crippen LogP contribution in [0.3, 0.4) is 0 Å². The summed E-state index contributed by atoms with van der Waals surface area (Å²) in [6.45, 7) is 5.91. The van der Waals surface area contributed by atoms with Crippen LogP contribution in [0.2, 0.25) is 0 Å². The smallest absolute Gasteiger partial charge is 0.0612 e. The van der Waals surface area contributed by atoms with E-state index in [1.807, 2.05) is 6.92 Å². The normalized spacial score (nSPS) is 20.5. The number of hydrogen-bond acceptors (Lipinski definition) is 1. The number of hydrogen-bond donors (Lipinski definition) is 1. The van der Waals surface area contributed by atoms with Crippen LogP contribution in [-0.2, 0) is 6.42 Å². The maximum absolute atomic E-state index is 10.2. The molecule has 0 fully saturated rings. The third-order valence-corrected chi connectivity index (χ3v) is 3.51. The lowest BCUT2D eigenvalue weighted by Crippen LogP contribution is -2.16. The van der Waals surface area contributed by atoms with Gasteiger partial charge in [0.2, 0.25) is 0 Å². The van der Waals surface area contributed by atoms with Crippen molar-refractivity contribution in [2.75, 3.05) is 0 Å². The fraction of sp³-hybridized carbons (Fsp3) is 0.467. The molecule has 1 nitrogen and oxygen atoms in total. The summed E-state index contributed by atoms with van der Waals surface area (Å²) >= 11 is 0. The van der Waals surface area contributed by atoms with E-state index in [1.54, 1.807) is 0 Å². The van der Waals surface area contributed by atoms with Crippen molar-refractivity contribution >= 4 is 0 Å². The minimum absolute atomic E-state index is 0.208. The molecule has 1 aliphatic rings. The lowest BCUT2D eigenvalue weighted by molar-refractivity contribution is 0.133. The molecule has 86 valence electrons. The Labute approximate surface area is 97.8 Å². The Kier molecular flexibility index (Phi) is 3.45. The average molecular weight is 216 g/mol. The van der Waals surface area contributed by atoms with Gasteiger partial charge in [0.05, 0.1) is 6.10 Å². The van der Waals surface area contributed by atoms with Gasteiger partial charge in [-0.1, -0.05) is 29.8 Å². The number of aliphatic hydroxyl groups excluding tert-OH is 1. The first kappa shape index (κ1) is 11.4. The second-order valence-corrected chi connectivity index (χ2v) is 4.91. The highest BCUT2D eigenvalue weighted by molar-refractivity contribution is 5.35. The van der Waals surface area contributed by atoms with E-state index in [1.165, 1.54) is 11.1 Å². The van der Waals surface area contributed by atoms with Crippen LogP contribution in [0, 0.1) is 0 Å². The van der Waals surface area contributed by atoms with E-state index >= 15 is 0 Å². The highest BCUT2D eigenvalue weighted by Gasteiger charge is 2.27. The summed E-state index contributed by atoms with van der Waals surface area (Å²) < 4.78 is 0. The molecule has 1 aromatic rings. The Balaban J connectivity index is 2.04. The maximum Gasteiger partial charge on any atom is 0.0612 e. The van der Waals surface area contributed by atoms with Crippen molar-refractivity contribution in [2.45, 2.75) is 44.6 Å². The number of benzene rings is 1. The SMILES string of the molecule is C=C(C)CCC(O)C1CCc2ccccc21. The van der Waals surface area contributed by atoms with Gasteiger partial charge in [-0.05, 0) is 43.7 Å². The Bertz CT molecular complexity index is 381. The predicted molar refractivity (Wildman–Crippen MR) is 67.6 cm³/mol. The number of aryl methyl sites for hydroxylation is 1. The molecule has 0 amide bonds. The van der Waals surface area contributed by atoms with Gasteiger partial charge in [-0.25, -0.2) is 0 Å². The summed E-state index contributed by atoms with van der Waals surface area (Å²) in [5, 5.41) is 10.2. The van der Waals surface area contributed by atoms with Crippen molar-refractivity contribution in [1.82, 2.24) is 0 Å². The van der Waals surface area contributed by atoms with Crippen LogP contribution in [0.25, 0.3) is 0 Å². The van der Waals surface area contributed by atoms with Crippen molar-refractivity contribution in [2.24, 2.45) is 0 Å². The summed E-state index contributed by atoms with van der Waals surface area (Å²) in [6.07, 6.45) is 3.77. The first-order chi connectivity index (χ1) is 7.68. The van der Waals surface area contributed by atoms with Crippen molar-refractivity contribution in [3.63, 3.8) is 0 Å². The molecule has 16 heavy (non-hydrogen) atoms. The second-order valence-electron chi connectivity index (χ2n) is 4.91. The molecule has 1 aliphatic carbocycles. The van der Waals surface area contributed by atoms with Crippen LogP contribution in [0.1, 0.15) is 43.2 Å². The molecule has 0 heterocycles. The van der Waals surface area contributed by atoms with Gasteiger partial charge in [0.1, 0.15) is 0 Å². The molecular formula is C15H20O. The Hall–Kier alpha value is -1.08. The lowest BCUT2D eigenvalue weighted by atomic mass is 9.92. The molecule has 0 bridgehead atoms. The molecule has 0 spiro atoms. The minimum atomic E-state index is -0.208. The van der Waals surface area contributed by atoms with Gasteiger partial charge < -0.3 is 5.11 Å². The van der Waals surface area contributed by atoms with Crippen LogP contribution in [0.4, 0.5) is 0 Å². The highest BCUT2D eigenvalue weighted by Crippen LogP contribution is 2.36. The van der Waals surface area contributed by atoms with Gasteiger partial charge in [-0.3, -0.25) is 0 Å². The quantitative estimate of drug-likeness (QED) is 0.764. The molecule has 2 unspecified atom stereocenters. The monoisotopic (exact) mass is 216 g/mol. The van der Waals surface area contributed by atoms with Gasteiger partial charge >= 0.3 is 0 Å². The maximum atomic E-state index is 10.2. The van der Waals surface area contributed by atoms with Crippen LogP contribution in [0.5, 0.6) is 0 Å². The fourth-order valence-electron chi connectivity index (χ4n) is 2.59. The van der Waals surface area contributed by atoms with Crippen molar-refractivity contribution in [3.05, 3.63) is 47.5 Å². The van der Waals surface area contributed by atoms with Gasteiger partial charge in [-0.15, -0.1) is 6.58 Å². The zero-order valence-electron chi connectivity index (χ0n) is 9.95. The van der Waals surface area contributed by atoms with Crippen LogP contribution >= 0.6 is 0 Å². The second kappa shape index (κ2) is 4.84. The highest BCUT2D eigenvalue weighted by atomic mass is 16.3. The van der Waals surface area contributed by atoms with Crippen molar-refractivity contribution in [1.29, 1.82) is 0 Å². The fourth-order valence-corrected chi connectivity index (χ4v) is 2.59. The van der Waals surface area contributed by atoms with E-state index in [2.05, 4.69) is 30.8 Å². The summed E-state index contributed by atoms with van der Waals surface area (Å²) in [4.78, 5) is 0. The molecule has 0 saturated carbocycles. The minimum Gasteiger partial charge on any atom is -0.392 e. The molecule has 0 radical (unpaired) electrons. The zero-order chi connectivity index (χ0) is 11.5. The van der Waals surface area contributed by atoms with Gasteiger partial charge in [0, 0.05) is 5.92 Å². The Morgan fingerprint density at radius 1 is 1.50 bits per heavy atom. The van der Waals surface area contributed by atoms with Gasteiger partial charge in [-0.2, -0.15) is 0 Å². The predicted octanol–water partition coefficient (Wildman–Crippen LogP) is 3.43. The Morgan fingerprint density at radius 2 is 2.25 bits per heavy atom. The molecule has 2 atom stereocenters. The zero-order valence-corrected chi connectivity index (χ0v) is 9.95. The van der Waals surface area contributed by atoms with Crippen LogP contribution in [-0.4, -0.2) is 11.2 Å². The molecule has 0 aromatic heterocycles. The van der Waals surface area contributed by atoms with Gasteiger partial charge in [0.25, 0.3) is 0 Å². The standard InChI is InChI=1S/C15H20O/c1-11(2)7-10-15(16)14-9-8-12-5-3-4-6-13(12)14/h3-6,14-16H,1,7-10H2,2H3. The number of fused-ring (bicyclic) bond motifs is 1. The largest absolute Gasteiger partial charge is 0.392 e. The summed E-state index contributed by atoms with van der Waals surface area (Å²) in [5.74, 6) is 0.343. The van der Waals surface area contributed by atoms with Crippen molar-refractivity contribution < 1.29 is 5.11 Å². The first-order valence-corrected chi connectivity index (χ1v) is 6.08. The molecule has 1 aromatic carbocycles. The molecule has 1 heteroatoms. The van der Waals surface area contributed by atoms with E-state index in [-0.39, 0.29) is 6.10 Å². The van der Waals surface area contributed by atoms with E-state index in [0.29, 0.717) is 5.92 Å². The van der Waals surface area contributed by atoms with Crippen LogP contribution in [0.15, 0.2) is 36.4 Å². The first-order valence-electron chi connectivity index (χ1n) is 6.08. The average Bonchev–Trinajstić information content (AvgIpc) is 2.69. The molecule has 2 rings (SSSR count). The van der Waals surface area contributed by atoms with E-state index in [4.69, 9.17) is 0 Å². The van der Waals surface area contributed by atoms with E-state index < -0.39 is 0 Å². The van der Waals surface area contributed by atoms with E-state index in [0.717, 1.165) is 31.3 Å². The number of aliphatic hydroxyl groups is 1. The third kappa shape index (κ3) is 2.35. The molecule has 0 saturated heterocycles. The molecule has 1 N–H and O–H groups in total. The topological polar surface area (TPSA) is 20.2 Å². The van der Waals surface area contributed by atoms with Crippen LogP contribution < -0.4 is 0 Å². The molecular weight excluding hydrogens is 196 g/mol. The van der Waals surface area contributed by atoms with Crippen molar-refractivity contribution in [3.8, 4) is 0 Å². The Morgan fingerprint density at radius 3 is 3.00 bits per heavy atom. The third-order valence-electron chi connectivity index (χ3n) is 3.51. The molecule has 0 aliphatic heterocycles. The summed E-state index contributed by atoms with van der Waals surface area (Å²) in [6, 6.07) is 8.50. The van der Waals surface area contributed by atoms with E-state index in [9.17, 15) is 5.11 Å². The number of allylic oxidation sites excluding steroid dienone is 1. The lowest BCUT2D eigenvalue weighted by Gasteiger charge is -2.19. The summed E-state index contributed by atoms with van der Waals surface area (Å²) in [5.41, 5.74) is 3.93. The van der Waals surface area contributed by atoms with Gasteiger partial charge in [0.15, 0.2) is 0 Å².